The number of carbonyl (C=O) groups excluding carboxylic acids is 1. The second-order valence-electron chi connectivity index (χ2n) is 6.14. The summed E-state index contributed by atoms with van der Waals surface area (Å²) in [5, 5.41) is 20.6. The largest absolute Gasteiger partial charge is 0.478 e. The van der Waals surface area contributed by atoms with Gasteiger partial charge in [0.05, 0.1) is 34.0 Å². The predicted octanol–water partition coefficient (Wildman–Crippen LogP) is 4.59. The van der Waals surface area contributed by atoms with Crippen LogP contribution in [-0.4, -0.2) is 22.0 Å². The number of carboxylic acid groups (broad SMARTS) is 1. The van der Waals surface area contributed by atoms with Crippen molar-refractivity contribution in [3.63, 3.8) is 0 Å². The van der Waals surface area contributed by atoms with Gasteiger partial charge in [-0.05, 0) is 35.9 Å². The first kappa shape index (κ1) is 20.5. The van der Waals surface area contributed by atoms with Crippen molar-refractivity contribution in [1.82, 2.24) is 4.98 Å². The van der Waals surface area contributed by atoms with Gasteiger partial charge in [-0.15, -0.1) is 0 Å². The normalized spacial score (nSPS) is 10.9. The number of halogens is 3. The number of alkyl halides is 3. The lowest BCUT2D eigenvalue weighted by molar-refractivity contribution is -0.137. The summed E-state index contributed by atoms with van der Waals surface area (Å²) in [6, 6.07) is 11.6. The quantitative estimate of drug-likeness (QED) is 0.654. The highest BCUT2D eigenvalue weighted by atomic mass is 19.4. The van der Waals surface area contributed by atoms with Crippen molar-refractivity contribution in [2.45, 2.75) is 6.18 Å². The van der Waals surface area contributed by atoms with E-state index in [4.69, 9.17) is 5.26 Å². The molecule has 0 spiro atoms. The maximum absolute atomic E-state index is 13.3. The van der Waals surface area contributed by atoms with Gasteiger partial charge in [0.25, 0.3) is 5.91 Å². The monoisotopic (exact) mass is 411 g/mol. The third-order valence-corrected chi connectivity index (χ3v) is 4.17. The van der Waals surface area contributed by atoms with Crippen molar-refractivity contribution < 1.29 is 27.9 Å². The molecule has 0 atom stereocenters. The van der Waals surface area contributed by atoms with E-state index in [1.54, 1.807) is 6.07 Å². The van der Waals surface area contributed by atoms with E-state index >= 15 is 0 Å². The van der Waals surface area contributed by atoms with Crippen LogP contribution in [0.4, 0.5) is 18.9 Å². The third-order valence-electron chi connectivity index (χ3n) is 4.17. The molecule has 0 aliphatic heterocycles. The van der Waals surface area contributed by atoms with Crippen LogP contribution in [0, 0.1) is 11.3 Å². The van der Waals surface area contributed by atoms with Crippen LogP contribution in [0.3, 0.4) is 0 Å². The van der Waals surface area contributed by atoms with Crippen LogP contribution in [0.15, 0.2) is 60.9 Å². The Balaban J connectivity index is 1.96. The molecule has 2 N–H and O–H groups in total. The molecule has 1 aromatic heterocycles. The molecule has 3 aromatic rings. The van der Waals surface area contributed by atoms with Crippen LogP contribution in [0.2, 0.25) is 0 Å². The maximum Gasteiger partial charge on any atom is 0.417 e. The van der Waals surface area contributed by atoms with Crippen molar-refractivity contribution in [1.29, 1.82) is 5.26 Å². The van der Waals surface area contributed by atoms with Crippen molar-refractivity contribution in [3.8, 4) is 17.2 Å². The van der Waals surface area contributed by atoms with Gasteiger partial charge in [-0.2, -0.15) is 18.4 Å². The highest BCUT2D eigenvalue weighted by molar-refractivity contribution is 6.08. The average Bonchev–Trinajstić information content (AvgIpc) is 2.73. The molecule has 2 aromatic carbocycles. The Morgan fingerprint density at radius 1 is 1.07 bits per heavy atom. The summed E-state index contributed by atoms with van der Waals surface area (Å²) in [6.45, 7) is 0. The van der Waals surface area contributed by atoms with E-state index in [0.717, 1.165) is 18.3 Å². The van der Waals surface area contributed by atoms with Gasteiger partial charge in [-0.3, -0.25) is 9.78 Å². The van der Waals surface area contributed by atoms with Crippen LogP contribution in [0.25, 0.3) is 11.1 Å². The number of nitrogens with zero attached hydrogens (tertiary/aromatic N) is 2. The van der Waals surface area contributed by atoms with Gasteiger partial charge in [-0.25, -0.2) is 4.79 Å². The van der Waals surface area contributed by atoms with Gasteiger partial charge in [0.15, 0.2) is 0 Å². The number of hydrogen-bond acceptors (Lipinski definition) is 4. The fourth-order valence-corrected chi connectivity index (χ4v) is 2.79. The molecular weight excluding hydrogens is 399 g/mol. The van der Waals surface area contributed by atoms with Crippen molar-refractivity contribution in [2.24, 2.45) is 0 Å². The molecule has 150 valence electrons. The number of anilines is 1. The van der Waals surface area contributed by atoms with Gasteiger partial charge >= 0.3 is 12.1 Å². The Morgan fingerprint density at radius 3 is 2.47 bits per heavy atom. The van der Waals surface area contributed by atoms with E-state index in [9.17, 15) is 27.9 Å². The van der Waals surface area contributed by atoms with E-state index in [1.165, 1.54) is 42.6 Å². The number of pyridine rings is 1. The van der Waals surface area contributed by atoms with Crippen molar-refractivity contribution in [2.75, 3.05) is 5.32 Å². The number of nitrogens with one attached hydrogen (secondary N) is 1. The Morgan fingerprint density at radius 2 is 1.80 bits per heavy atom. The predicted molar refractivity (Wildman–Crippen MR) is 101 cm³/mol. The summed E-state index contributed by atoms with van der Waals surface area (Å²) in [5.41, 5.74) is -1.26. The van der Waals surface area contributed by atoms with Crippen molar-refractivity contribution >= 4 is 17.6 Å². The van der Waals surface area contributed by atoms with E-state index in [2.05, 4.69) is 10.3 Å². The first-order valence-electron chi connectivity index (χ1n) is 8.41. The Hall–Kier alpha value is -4.19. The molecule has 9 heteroatoms. The number of benzene rings is 2. The molecule has 0 unspecified atom stereocenters. The minimum Gasteiger partial charge on any atom is -0.478 e. The SMILES string of the molecule is N#Cc1ccc(NC(=O)c2cncc(-c3ccccc3C(F)(F)F)c2)c(C(=O)O)c1. The second kappa shape index (κ2) is 8.05. The molecular formula is C21H12F3N3O3. The molecule has 3 rings (SSSR count). The summed E-state index contributed by atoms with van der Waals surface area (Å²) in [4.78, 5) is 27.8. The van der Waals surface area contributed by atoms with E-state index in [-0.39, 0.29) is 33.5 Å². The lowest BCUT2D eigenvalue weighted by Gasteiger charge is -2.13. The summed E-state index contributed by atoms with van der Waals surface area (Å²) in [5.74, 6) is -2.12. The van der Waals surface area contributed by atoms with E-state index < -0.39 is 23.6 Å². The minimum atomic E-state index is -4.59. The number of aromatic carboxylic acids is 1. The van der Waals surface area contributed by atoms with Crippen LogP contribution >= 0.6 is 0 Å². The summed E-state index contributed by atoms with van der Waals surface area (Å²) >= 11 is 0. The molecule has 6 nitrogen and oxygen atoms in total. The van der Waals surface area contributed by atoms with Gasteiger partial charge in [0, 0.05) is 18.0 Å². The Labute approximate surface area is 168 Å². The minimum absolute atomic E-state index is 0.0624. The number of amides is 1. The smallest absolute Gasteiger partial charge is 0.417 e. The summed E-state index contributed by atoms with van der Waals surface area (Å²) in [7, 11) is 0. The first-order chi connectivity index (χ1) is 14.2. The number of carboxylic acids is 1. The van der Waals surface area contributed by atoms with Gasteiger partial charge in [0.2, 0.25) is 0 Å². The van der Waals surface area contributed by atoms with Gasteiger partial charge in [0.1, 0.15) is 0 Å². The molecule has 1 amide bonds. The average molecular weight is 411 g/mol. The number of nitriles is 1. The van der Waals surface area contributed by atoms with E-state index in [0.29, 0.717) is 0 Å². The van der Waals surface area contributed by atoms with Crippen LogP contribution in [-0.2, 0) is 6.18 Å². The molecule has 1 heterocycles. The Bertz CT molecular complexity index is 1180. The molecule has 0 radical (unpaired) electrons. The van der Waals surface area contributed by atoms with Gasteiger partial charge < -0.3 is 10.4 Å². The van der Waals surface area contributed by atoms with Crippen LogP contribution < -0.4 is 5.32 Å². The maximum atomic E-state index is 13.3. The number of aromatic nitrogens is 1. The molecule has 0 fully saturated rings. The molecule has 0 saturated heterocycles. The van der Waals surface area contributed by atoms with E-state index in [1.807, 2.05) is 0 Å². The zero-order chi connectivity index (χ0) is 21.9. The fraction of sp³-hybridized carbons (Fsp3) is 0.0476. The second-order valence-corrected chi connectivity index (χ2v) is 6.14. The molecule has 30 heavy (non-hydrogen) atoms. The third kappa shape index (κ3) is 4.28. The molecule has 0 aliphatic rings. The number of carbonyl (C=O) groups is 2. The zero-order valence-corrected chi connectivity index (χ0v) is 15.1. The highest BCUT2D eigenvalue weighted by Gasteiger charge is 2.33. The van der Waals surface area contributed by atoms with Crippen LogP contribution in [0.5, 0.6) is 0 Å². The summed E-state index contributed by atoms with van der Waals surface area (Å²) < 4.78 is 39.9. The standard InChI is InChI=1S/C21H12F3N3O3/c22-21(23,24)17-4-2-1-3-15(17)13-8-14(11-26-10-13)19(28)27-18-6-5-12(9-25)7-16(18)20(29)30/h1-8,10-11H,(H,27,28)(H,29,30). The Kier molecular flexibility index (Phi) is 5.51. The molecule has 0 aliphatic carbocycles. The lowest BCUT2D eigenvalue weighted by Crippen LogP contribution is -2.15. The topological polar surface area (TPSA) is 103 Å². The van der Waals surface area contributed by atoms with Gasteiger partial charge in [-0.1, -0.05) is 18.2 Å². The van der Waals surface area contributed by atoms with Crippen LogP contribution in [0.1, 0.15) is 31.8 Å². The summed E-state index contributed by atoms with van der Waals surface area (Å²) in [6.07, 6.45) is -2.24. The molecule has 0 bridgehead atoms. The fourth-order valence-electron chi connectivity index (χ4n) is 2.79. The first-order valence-corrected chi connectivity index (χ1v) is 8.41. The lowest BCUT2D eigenvalue weighted by atomic mass is 9.99. The molecule has 0 saturated carbocycles. The zero-order valence-electron chi connectivity index (χ0n) is 15.1. The highest BCUT2D eigenvalue weighted by Crippen LogP contribution is 2.36. The number of hydrogen-bond donors (Lipinski definition) is 2. The number of rotatable bonds is 4. The van der Waals surface area contributed by atoms with Crippen molar-refractivity contribution in [3.05, 3.63) is 83.2 Å².